The van der Waals surface area contributed by atoms with Crippen molar-refractivity contribution in [1.82, 2.24) is 4.73 Å². The monoisotopic (exact) mass is 387 g/mol. The average molecular weight is 387 g/mol. The number of carbonyl (C=O) groups excluding carboxylic acids is 1. The van der Waals surface area contributed by atoms with Gasteiger partial charge in [-0.1, -0.05) is 36.4 Å². The molecule has 4 aromatic rings. The summed E-state index contributed by atoms with van der Waals surface area (Å²) in [5.74, 6) is -0.275. The maximum absolute atomic E-state index is 13.2. The van der Waals surface area contributed by atoms with Crippen LogP contribution in [0.25, 0.3) is 22.3 Å². The Morgan fingerprint density at radius 2 is 1.66 bits per heavy atom. The molecule has 0 radical (unpaired) electrons. The number of methoxy groups -OCH3 is 1. The van der Waals surface area contributed by atoms with E-state index in [9.17, 15) is 14.9 Å². The fourth-order valence-electron chi connectivity index (χ4n) is 3.16. The number of nitrogens with zero attached hydrogens (tertiary/aromatic N) is 2. The zero-order chi connectivity index (χ0) is 20.4. The number of rotatable bonds is 4. The number of para-hydroxylation sites is 1. The first-order valence-corrected chi connectivity index (χ1v) is 8.89. The summed E-state index contributed by atoms with van der Waals surface area (Å²) in [6.45, 7) is 0. The maximum Gasteiger partial charge on any atom is 0.299 e. The molecule has 0 unspecified atom stereocenters. The molecule has 29 heavy (non-hydrogen) atoms. The van der Waals surface area contributed by atoms with Gasteiger partial charge in [0.1, 0.15) is 11.3 Å². The van der Waals surface area contributed by atoms with Crippen LogP contribution in [0.1, 0.15) is 10.5 Å². The third-order valence-electron chi connectivity index (χ3n) is 4.54. The van der Waals surface area contributed by atoms with Crippen LogP contribution in [-0.2, 0) is 0 Å². The molecule has 0 atom stereocenters. The van der Waals surface area contributed by atoms with Gasteiger partial charge in [0.15, 0.2) is 5.69 Å². The second-order valence-corrected chi connectivity index (χ2v) is 6.33. The predicted octanol–water partition coefficient (Wildman–Crippen LogP) is 3.83. The standard InChI is InChI=1S/C22H17N3O4/c1-29-17-12-13-18-19(14-17)25(28)21(22(26)23-16-10-6-3-7-11-16)20(24(18)27)15-8-4-2-5-9-15/h2-14H,1H3,(H,23,26). The number of anilines is 1. The Morgan fingerprint density at radius 1 is 1.00 bits per heavy atom. The zero-order valence-corrected chi connectivity index (χ0v) is 15.5. The zero-order valence-electron chi connectivity index (χ0n) is 15.5. The van der Waals surface area contributed by atoms with Crippen LogP contribution in [0.2, 0.25) is 0 Å². The van der Waals surface area contributed by atoms with Gasteiger partial charge < -0.3 is 20.0 Å². The second kappa shape index (κ2) is 7.47. The lowest BCUT2D eigenvalue weighted by molar-refractivity contribution is -0.452. The van der Waals surface area contributed by atoms with Gasteiger partial charge in [-0.05, 0) is 30.3 Å². The van der Waals surface area contributed by atoms with Gasteiger partial charge in [0.25, 0.3) is 17.1 Å². The minimum absolute atomic E-state index is 0.0216. The number of fused-ring (bicyclic) bond motifs is 1. The van der Waals surface area contributed by atoms with E-state index in [-0.39, 0.29) is 22.4 Å². The summed E-state index contributed by atoms with van der Waals surface area (Å²) >= 11 is 0. The second-order valence-electron chi connectivity index (χ2n) is 6.33. The van der Waals surface area contributed by atoms with Gasteiger partial charge in [-0.3, -0.25) is 4.79 Å². The highest BCUT2D eigenvalue weighted by Gasteiger charge is 2.29. The lowest BCUT2D eigenvalue weighted by atomic mass is 10.1. The molecule has 0 spiro atoms. The summed E-state index contributed by atoms with van der Waals surface area (Å²) in [5, 5.41) is 15.9. The van der Waals surface area contributed by atoms with Crippen LogP contribution in [0.3, 0.4) is 0 Å². The van der Waals surface area contributed by atoms with Crippen molar-refractivity contribution in [3.8, 4) is 17.0 Å². The highest BCUT2D eigenvalue weighted by atomic mass is 16.5. The fraction of sp³-hybridized carbons (Fsp3) is 0.0455. The molecule has 1 N–H and O–H groups in total. The third kappa shape index (κ3) is 3.29. The number of amides is 1. The van der Waals surface area contributed by atoms with Crippen molar-refractivity contribution in [1.29, 1.82) is 0 Å². The highest BCUT2D eigenvalue weighted by molar-refractivity contribution is 6.07. The third-order valence-corrected chi connectivity index (χ3v) is 4.54. The Hall–Kier alpha value is -4.13. The lowest BCUT2D eigenvalue weighted by Crippen LogP contribution is -2.29. The smallest absolute Gasteiger partial charge is 0.299 e. The Bertz CT molecular complexity index is 1250. The van der Waals surface area contributed by atoms with Crippen LogP contribution in [0, 0.1) is 10.1 Å². The number of hydrogen-bond donors (Lipinski definition) is 1. The number of benzene rings is 3. The Morgan fingerprint density at radius 3 is 2.31 bits per heavy atom. The van der Waals surface area contributed by atoms with Gasteiger partial charge in [-0.15, -0.1) is 0 Å². The highest BCUT2D eigenvalue weighted by Crippen LogP contribution is 2.26. The van der Waals surface area contributed by atoms with Crippen molar-refractivity contribution in [2.24, 2.45) is 0 Å². The molecule has 7 nitrogen and oxygen atoms in total. The van der Waals surface area contributed by atoms with E-state index in [2.05, 4.69) is 5.32 Å². The first-order valence-electron chi connectivity index (χ1n) is 8.89. The number of aromatic nitrogens is 2. The van der Waals surface area contributed by atoms with Crippen LogP contribution in [0.5, 0.6) is 5.75 Å². The summed E-state index contributed by atoms with van der Waals surface area (Å²) < 4.78 is 6.25. The molecule has 0 saturated heterocycles. The van der Waals surface area contributed by atoms with Crippen LogP contribution < -0.4 is 14.5 Å². The fourth-order valence-corrected chi connectivity index (χ4v) is 3.16. The SMILES string of the molecule is COc1ccc2c(c1)n([O-])c(C(=O)Nc1ccccc1)c(-c1ccccc1)[n+]2=O. The van der Waals surface area contributed by atoms with Gasteiger partial charge >= 0.3 is 0 Å². The van der Waals surface area contributed by atoms with Crippen molar-refractivity contribution < 1.29 is 14.0 Å². The van der Waals surface area contributed by atoms with E-state index in [1.807, 2.05) is 6.07 Å². The Kier molecular flexibility index (Phi) is 4.70. The summed E-state index contributed by atoms with van der Waals surface area (Å²) in [6.07, 6.45) is 0. The summed E-state index contributed by atoms with van der Waals surface area (Å²) in [5.41, 5.74) is 0.832. The van der Waals surface area contributed by atoms with Crippen LogP contribution >= 0.6 is 0 Å². The molecule has 0 fully saturated rings. The van der Waals surface area contributed by atoms with Crippen molar-refractivity contribution >= 4 is 22.6 Å². The van der Waals surface area contributed by atoms with E-state index in [4.69, 9.17) is 4.74 Å². The Labute approximate surface area is 166 Å². The molecule has 7 heteroatoms. The van der Waals surface area contributed by atoms with Gasteiger partial charge in [0.05, 0.1) is 17.1 Å². The quantitative estimate of drug-likeness (QED) is 0.539. The number of nitrogens with one attached hydrogen (secondary N) is 1. The molecule has 3 aromatic carbocycles. The molecule has 144 valence electrons. The minimum Gasteiger partial charge on any atom is -0.805 e. The van der Waals surface area contributed by atoms with Crippen molar-refractivity contribution in [2.75, 3.05) is 12.4 Å². The molecule has 4 rings (SSSR count). The summed E-state index contributed by atoms with van der Waals surface area (Å²) in [6, 6.07) is 21.9. The molecule has 1 aromatic heterocycles. The number of hydrogen-bond acceptors (Lipinski definition) is 4. The number of carbonyl (C=O) groups is 1. The van der Waals surface area contributed by atoms with Gasteiger partial charge in [-0.2, -0.15) is 0 Å². The molecule has 0 bridgehead atoms. The van der Waals surface area contributed by atoms with Gasteiger partial charge in [0.2, 0.25) is 0 Å². The van der Waals surface area contributed by atoms with Crippen molar-refractivity contribution in [2.45, 2.75) is 0 Å². The first kappa shape index (κ1) is 18.2. The molecular formula is C22H17N3O4. The maximum atomic E-state index is 13.2. The normalized spacial score (nSPS) is 10.7. The van der Waals surface area contributed by atoms with Crippen LogP contribution in [0.15, 0.2) is 78.9 Å². The molecule has 0 aliphatic carbocycles. The van der Waals surface area contributed by atoms with Crippen LogP contribution in [0.4, 0.5) is 5.69 Å². The topological polar surface area (TPSA) is 89.3 Å². The summed E-state index contributed by atoms with van der Waals surface area (Å²) in [4.78, 5) is 26.3. The van der Waals surface area contributed by atoms with E-state index in [1.165, 1.54) is 19.2 Å². The van der Waals surface area contributed by atoms with Gasteiger partial charge in [-0.25, -0.2) is 0 Å². The summed E-state index contributed by atoms with van der Waals surface area (Å²) in [7, 11) is 1.46. The van der Waals surface area contributed by atoms with E-state index < -0.39 is 5.91 Å². The Balaban J connectivity index is 2.00. The van der Waals surface area contributed by atoms with E-state index in [0.717, 1.165) is 0 Å². The average Bonchev–Trinajstić information content (AvgIpc) is 2.76. The van der Waals surface area contributed by atoms with Crippen molar-refractivity contribution in [3.63, 3.8) is 0 Å². The number of ether oxygens (including phenoxy) is 1. The minimum atomic E-state index is -0.681. The first-order chi connectivity index (χ1) is 14.1. The molecule has 0 saturated carbocycles. The van der Waals surface area contributed by atoms with E-state index in [1.54, 1.807) is 60.7 Å². The molecule has 1 heterocycles. The van der Waals surface area contributed by atoms with Gasteiger partial charge in [0, 0.05) is 22.7 Å². The van der Waals surface area contributed by atoms with Crippen molar-refractivity contribution in [3.05, 3.63) is 94.7 Å². The molecular weight excluding hydrogens is 370 g/mol. The largest absolute Gasteiger partial charge is 0.805 e. The lowest BCUT2D eigenvalue weighted by Gasteiger charge is -2.19. The van der Waals surface area contributed by atoms with E-state index in [0.29, 0.717) is 26.2 Å². The van der Waals surface area contributed by atoms with E-state index >= 15 is 0 Å². The molecule has 0 aliphatic heterocycles. The molecule has 0 aliphatic rings. The molecule has 1 amide bonds. The van der Waals surface area contributed by atoms with Crippen LogP contribution in [-0.4, -0.2) is 17.7 Å². The predicted molar refractivity (Wildman–Crippen MR) is 110 cm³/mol.